The fraction of sp³-hybridized carbons (Fsp3) is 0.524. The summed E-state index contributed by atoms with van der Waals surface area (Å²) < 4.78 is 14.1. The molecule has 1 aliphatic rings. The second-order valence-corrected chi connectivity index (χ2v) is 8.26. The van der Waals surface area contributed by atoms with Crippen molar-refractivity contribution in [2.24, 2.45) is 17.9 Å². The van der Waals surface area contributed by atoms with E-state index in [4.69, 9.17) is 0 Å². The molecule has 1 saturated heterocycles. The number of aromatic nitrogens is 1. The molecule has 0 radical (unpaired) electrons. The third kappa shape index (κ3) is 5.31. The first-order valence-electron chi connectivity index (χ1n) is 9.26. The molecule has 0 saturated carbocycles. The van der Waals surface area contributed by atoms with Gasteiger partial charge in [0.15, 0.2) is 0 Å². The molecule has 1 unspecified atom stereocenters. The van der Waals surface area contributed by atoms with Crippen LogP contribution >= 0.6 is 0 Å². The Morgan fingerprint density at radius 1 is 1.33 bits per heavy atom. The zero-order valence-corrected chi connectivity index (χ0v) is 16.7. The lowest BCUT2D eigenvalue weighted by molar-refractivity contribution is -0.125. The number of carbonyl (C=O) groups excluding carboxylic acids is 2. The Labute approximate surface area is 160 Å². The number of aryl methyl sites for hydroxylation is 1. The molecule has 27 heavy (non-hydrogen) atoms. The minimum atomic E-state index is -0.659. The Morgan fingerprint density at radius 3 is 2.67 bits per heavy atom. The molecule has 2 heterocycles. The number of amides is 2. The van der Waals surface area contributed by atoms with Crippen LogP contribution in [0.25, 0.3) is 6.08 Å². The van der Waals surface area contributed by atoms with Crippen LogP contribution in [0.1, 0.15) is 32.8 Å². The standard InChI is InChI=1S/C21H30FN3O2/c1-20(2,3)21(15-23-18(26)6-5-11-22)10-13-25(16-21)19(27)8-7-17-9-12-24(4)14-17/h5-9,12,14H,10-11,13,15-16H2,1-4H3,(H,23,26)/b6-5+,8-7+. The summed E-state index contributed by atoms with van der Waals surface area (Å²) in [7, 11) is 1.94. The van der Waals surface area contributed by atoms with Gasteiger partial charge >= 0.3 is 0 Å². The van der Waals surface area contributed by atoms with Gasteiger partial charge in [-0.05, 0) is 35.6 Å². The molecule has 1 atom stereocenters. The Balaban J connectivity index is 2.04. The van der Waals surface area contributed by atoms with Crippen molar-refractivity contribution in [2.75, 3.05) is 26.3 Å². The van der Waals surface area contributed by atoms with Gasteiger partial charge in [0, 0.05) is 56.6 Å². The van der Waals surface area contributed by atoms with E-state index in [0.717, 1.165) is 12.0 Å². The third-order valence-electron chi connectivity index (χ3n) is 5.49. The molecule has 1 aromatic heterocycles. The van der Waals surface area contributed by atoms with Crippen LogP contribution in [0.4, 0.5) is 4.39 Å². The van der Waals surface area contributed by atoms with E-state index < -0.39 is 6.67 Å². The quantitative estimate of drug-likeness (QED) is 0.778. The summed E-state index contributed by atoms with van der Waals surface area (Å²) in [5, 5.41) is 2.88. The number of nitrogens with one attached hydrogen (secondary N) is 1. The van der Waals surface area contributed by atoms with Crippen molar-refractivity contribution in [3.63, 3.8) is 0 Å². The minimum Gasteiger partial charge on any atom is -0.357 e. The first kappa shape index (κ1) is 20.9. The molecule has 0 bridgehead atoms. The molecule has 6 heteroatoms. The van der Waals surface area contributed by atoms with Crippen LogP contribution in [0.3, 0.4) is 0 Å². The predicted octanol–water partition coefficient (Wildman–Crippen LogP) is 2.95. The van der Waals surface area contributed by atoms with Crippen LogP contribution in [-0.4, -0.2) is 47.6 Å². The molecule has 2 rings (SSSR count). The Morgan fingerprint density at radius 2 is 2.07 bits per heavy atom. The summed E-state index contributed by atoms with van der Waals surface area (Å²) >= 11 is 0. The van der Waals surface area contributed by atoms with E-state index >= 15 is 0 Å². The first-order chi connectivity index (χ1) is 12.7. The van der Waals surface area contributed by atoms with Gasteiger partial charge in [0.05, 0.1) is 0 Å². The minimum absolute atomic E-state index is 0.0198. The Kier molecular flexibility index (Phi) is 6.63. The van der Waals surface area contributed by atoms with E-state index in [2.05, 4.69) is 26.1 Å². The van der Waals surface area contributed by atoms with Crippen molar-refractivity contribution in [2.45, 2.75) is 27.2 Å². The maximum atomic E-state index is 12.6. The highest BCUT2D eigenvalue weighted by molar-refractivity contribution is 5.92. The van der Waals surface area contributed by atoms with Crippen LogP contribution in [-0.2, 0) is 16.6 Å². The summed E-state index contributed by atoms with van der Waals surface area (Å²) in [6.45, 7) is 7.43. The van der Waals surface area contributed by atoms with Crippen LogP contribution in [0.15, 0.2) is 36.7 Å². The average Bonchev–Trinajstić information content (AvgIpc) is 3.22. The van der Waals surface area contributed by atoms with Crippen molar-refractivity contribution < 1.29 is 14.0 Å². The Bertz CT molecular complexity index is 730. The molecule has 1 aliphatic heterocycles. The van der Waals surface area contributed by atoms with Crippen molar-refractivity contribution in [1.82, 2.24) is 14.8 Å². The van der Waals surface area contributed by atoms with E-state index in [9.17, 15) is 14.0 Å². The van der Waals surface area contributed by atoms with Gasteiger partial charge in [0.25, 0.3) is 0 Å². The summed E-state index contributed by atoms with van der Waals surface area (Å²) in [5.74, 6) is -0.321. The van der Waals surface area contributed by atoms with Gasteiger partial charge < -0.3 is 14.8 Å². The SMILES string of the molecule is Cn1ccc(/C=C/C(=O)N2CCC(CNC(=O)/C=C/CF)(C(C)(C)C)C2)c1. The van der Waals surface area contributed by atoms with E-state index in [0.29, 0.717) is 19.6 Å². The number of carbonyl (C=O) groups is 2. The summed E-state index contributed by atoms with van der Waals surface area (Å²) in [4.78, 5) is 26.3. The molecule has 148 valence electrons. The van der Waals surface area contributed by atoms with Crippen LogP contribution < -0.4 is 5.32 Å². The highest BCUT2D eigenvalue weighted by Gasteiger charge is 2.47. The molecule has 1 N–H and O–H groups in total. The summed E-state index contributed by atoms with van der Waals surface area (Å²) in [6.07, 6.45) is 10.5. The lowest BCUT2D eigenvalue weighted by Gasteiger charge is -2.42. The fourth-order valence-electron chi connectivity index (χ4n) is 3.45. The number of allylic oxidation sites excluding steroid dienone is 1. The van der Waals surface area contributed by atoms with Crippen LogP contribution in [0.2, 0.25) is 0 Å². The zero-order valence-electron chi connectivity index (χ0n) is 16.7. The van der Waals surface area contributed by atoms with Crippen LogP contribution in [0.5, 0.6) is 0 Å². The Hall–Kier alpha value is -2.37. The normalized spacial score (nSPS) is 20.7. The van der Waals surface area contributed by atoms with Gasteiger partial charge in [-0.15, -0.1) is 0 Å². The number of nitrogens with zero attached hydrogens (tertiary/aromatic N) is 2. The highest BCUT2D eigenvalue weighted by Crippen LogP contribution is 2.45. The fourth-order valence-corrected chi connectivity index (χ4v) is 3.45. The van der Waals surface area contributed by atoms with E-state index in [1.807, 2.05) is 41.1 Å². The van der Waals surface area contributed by atoms with Gasteiger partial charge in [-0.2, -0.15) is 0 Å². The van der Waals surface area contributed by atoms with Gasteiger partial charge in [-0.1, -0.05) is 20.8 Å². The molecule has 2 amide bonds. The number of likely N-dealkylation sites (tertiary alicyclic amines) is 1. The number of hydrogen-bond donors (Lipinski definition) is 1. The van der Waals surface area contributed by atoms with Crippen molar-refractivity contribution in [1.29, 1.82) is 0 Å². The molecule has 1 aromatic rings. The number of hydrogen-bond acceptors (Lipinski definition) is 2. The van der Waals surface area contributed by atoms with Crippen molar-refractivity contribution in [3.8, 4) is 0 Å². The average molecular weight is 375 g/mol. The van der Waals surface area contributed by atoms with Crippen LogP contribution in [0, 0.1) is 10.8 Å². The smallest absolute Gasteiger partial charge is 0.246 e. The zero-order chi connectivity index (χ0) is 20.1. The van der Waals surface area contributed by atoms with Gasteiger partial charge in [-0.25, -0.2) is 4.39 Å². The molecular weight excluding hydrogens is 345 g/mol. The van der Waals surface area contributed by atoms with E-state index in [1.165, 1.54) is 12.2 Å². The maximum absolute atomic E-state index is 12.6. The second kappa shape index (κ2) is 8.55. The summed E-state index contributed by atoms with van der Waals surface area (Å²) in [6, 6.07) is 1.95. The molecule has 5 nitrogen and oxygen atoms in total. The second-order valence-electron chi connectivity index (χ2n) is 8.26. The highest BCUT2D eigenvalue weighted by atomic mass is 19.1. The largest absolute Gasteiger partial charge is 0.357 e. The lowest BCUT2D eigenvalue weighted by Crippen LogP contribution is -2.47. The van der Waals surface area contributed by atoms with Gasteiger partial charge in [0.1, 0.15) is 6.67 Å². The molecular formula is C21H30FN3O2. The molecule has 1 fully saturated rings. The number of alkyl halides is 1. The molecule has 0 aliphatic carbocycles. The molecule has 0 spiro atoms. The lowest BCUT2D eigenvalue weighted by atomic mass is 9.66. The van der Waals surface area contributed by atoms with Crippen molar-refractivity contribution in [3.05, 3.63) is 42.3 Å². The van der Waals surface area contributed by atoms with Crippen molar-refractivity contribution >= 4 is 17.9 Å². The van der Waals surface area contributed by atoms with E-state index in [1.54, 1.807) is 6.08 Å². The van der Waals surface area contributed by atoms with E-state index in [-0.39, 0.29) is 22.6 Å². The topological polar surface area (TPSA) is 54.3 Å². The van der Waals surface area contributed by atoms with Gasteiger partial charge in [0.2, 0.25) is 11.8 Å². The third-order valence-corrected chi connectivity index (χ3v) is 5.49. The van der Waals surface area contributed by atoms with Gasteiger partial charge in [-0.3, -0.25) is 9.59 Å². The maximum Gasteiger partial charge on any atom is 0.246 e. The predicted molar refractivity (Wildman–Crippen MR) is 106 cm³/mol. The molecule has 0 aromatic carbocycles. The number of rotatable bonds is 6. The number of halogens is 1. The first-order valence-corrected chi connectivity index (χ1v) is 9.26. The monoisotopic (exact) mass is 375 g/mol. The summed E-state index contributed by atoms with van der Waals surface area (Å²) in [5.41, 5.74) is 0.670.